The fourth-order valence-electron chi connectivity index (χ4n) is 4.03. The van der Waals surface area contributed by atoms with Gasteiger partial charge in [0.15, 0.2) is 15.0 Å². The minimum Gasteiger partial charge on any atom is -0.379 e. The number of nitrogens with zero attached hydrogens (tertiary/aromatic N) is 3. The maximum absolute atomic E-state index is 13.6. The predicted octanol–water partition coefficient (Wildman–Crippen LogP) is 4.81. The van der Waals surface area contributed by atoms with Gasteiger partial charge in [-0.2, -0.15) is 0 Å². The van der Waals surface area contributed by atoms with Crippen molar-refractivity contribution in [2.75, 3.05) is 44.3 Å². The number of rotatable bonds is 8. The van der Waals surface area contributed by atoms with Crippen molar-refractivity contribution in [3.8, 4) is 0 Å². The molecule has 1 saturated heterocycles. The lowest BCUT2D eigenvalue weighted by Gasteiger charge is -2.27. The van der Waals surface area contributed by atoms with Crippen molar-refractivity contribution in [3.05, 3.63) is 52.5 Å². The van der Waals surface area contributed by atoms with Gasteiger partial charge in [-0.3, -0.25) is 14.6 Å². The number of hydrogen-bond acceptors (Lipinski definition) is 7. The van der Waals surface area contributed by atoms with E-state index in [0.29, 0.717) is 22.3 Å². The van der Waals surface area contributed by atoms with Crippen molar-refractivity contribution in [1.82, 2.24) is 9.88 Å². The number of hydrogen-bond donors (Lipinski definition) is 0. The number of anilines is 1. The summed E-state index contributed by atoms with van der Waals surface area (Å²) >= 11 is 7.68. The van der Waals surface area contributed by atoms with Gasteiger partial charge in [0.25, 0.3) is 5.91 Å². The number of halogens is 1. The summed E-state index contributed by atoms with van der Waals surface area (Å²) in [6.07, 6.45) is 0.779. The number of sulfone groups is 1. The quantitative estimate of drug-likeness (QED) is 0.412. The predicted molar refractivity (Wildman–Crippen MR) is 142 cm³/mol. The molecule has 1 aliphatic heterocycles. The SMILES string of the molecule is Cc1cc(Cl)cc2sc(N(CCCN3CCOCC3)C(=O)c3ccc(S(=O)(=O)C(C)C)cc3)nc12. The van der Waals surface area contributed by atoms with Crippen LogP contribution in [0.5, 0.6) is 0 Å². The molecule has 1 aliphatic rings. The molecular formula is C25H30ClN3O4S2. The van der Waals surface area contributed by atoms with Gasteiger partial charge in [-0.1, -0.05) is 22.9 Å². The van der Waals surface area contributed by atoms with E-state index in [-0.39, 0.29) is 10.8 Å². The lowest BCUT2D eigenvalue weighted by molar-refractivity contribution is 0.0376. The monoisotopic (exact) mass is 535 g/mol. The van der Waals surface area contributed by atoms with Gasteiger partial charge in [-0.15, -0.1) is 0 Å². The smallest absolute Gasteiger partial charge is 0.260 e. The zero-order valence-corrected chi connectivity index (χ0v) is 22.5. The van der Waals surface area contributed by atoms with E-state index in [1.165, 1.54) is 23.5 Å². The lowest BCUT2D eigenvalue weighted by atomic mass is 10.2. The summed E-state index contributed by atoms with van der Waals surface area (Å²) in [6.45, 7) is 9.83. The van der Waals surface area contributed by atoms with Crippen LogP contribution in [0.15, 0.2) is 41.3 Å². The molecule has 0 radical (unpaired) electrons. The van der Waals surface area contributed by atoms with E-state index in [1.807, 2.05) is 19.1 Å². The van der Waals surface area contributed by atoms with Gasteiger partial charge in [-0.05, 0) is 69.2 Å². The second kappa shape index (κ2) is 10.9. The average molecular weight is 536 g/mol. The molecule has 10 heteroatoms. The second-order valence-corrected chi connectivity index (χ2v) is 12.9. The molecule has 0 aliphatic carbocycles. The molecule has 2 aromatic carbocycles. The number of aryl methyl sites for hydroxylation is 1. The molecule has 3 aromatic rings. The molecule has 35 heavy (non-hydrogen) atoms. The van der Waals surface area contributed by atoms with Crippen molar-refractivity contribution in [2.24, 2.45) is 0 Å². The number of ether oxygens (including phenoxy) is 1. The first-order chi connectivity index (χ1) is 16.7. The summed E-state index contributed by atoms with van der Waals surface area (Å²) in [7, 11) is -3.41. The highest BCUT2D eigenvalue weighted by atomic mass is 35.5. The Morgan fingerprint density at radius 2 is 1.89 bits per heavy atom. The Bertz CT molecular complexity index is 1300. The number of benzene rings is 2. The number of morpholine rings is 1. The summed E-state index contributed by atoms with van der Waals surface area (Å²) in [6, 6.07) is 9.93. The highest BCUT2D eigenvalue weighted by Crippen LogP contribution is 2.34. The molecule has 188 valence electrons. The van der Waals surface area contributed by atoms with Crippen LogP contribution in [0.3, 0.4) is 0 Å². The van der Waals surface area contributed by atoms with E-state index < -0.39 is 15.1 Å². The normalized spacial score (nSPS) is 15.1. The van der Waals surface area contributed by atoms with Gasteiger partial charge in [0.05, 0.1) is 33.6 Å². The molecular weight excluding hydrogens is 506 g/mol. The minimum atomic E-state index is -3.41. The lowest BCUT2D eigenvalue weighted by Crippen LogP contribution is -2.39. The molecule has 2 heterocycles. The molecule has 0 atom stereocenters. The Kier molecular flexibility index (Phi) is 8.12. The fraction of sp³-hybridized carbons (Fsp3) is 0.440. The van der Waals surface area contributed by atoms with Gasteiger partial charge >= 0.3 is 0 Å². The number of carbonyl (C=O) groups excluding carboxylic acids is 1. The van der Waals surface area contributed by atoms with Crippen molar-refractivity contribution < 1.29 is 17.9 Å². The van der Waals surface area contributed by atoms with E-state index >= 15 is 0 Å². The molecule has 0 bridgehead atoms. The minimum absolute atomic E-state index is 0.205. The number of carbonyl (C=O) groups is 1. The largest absolute Gasteiger partial charge is 0.379 e. The molecule has 4 rings (SSSR count). The molecule has 1 amide bonds. The van der Waals surface area contributed by atoms with Crippen LogP contribution in [-0.2, 0) is 14.6 Å². The molecule has 1 aromatic heterocycles. The standard InChI is InChI=1S/C25H30ClN3O4S2/c1-17(2)35(31,32)21-7-5-19(6-8-21)24(30)29(10-4-9-28-11-13-33-14-12-28)25-27-23-18(3)15-20(26)16-22(23)34-25/h5-8,15-17H,4,9-14H2,1-3H3. The summed E-state index contributed by atoms with van der Waals surface area (Å²) < 4.78 is 31.3. The van der Waals surface area contributed by atoms with Crippen LogP contribution in [0.2, 0.25) is 5.02 Å². The topological polar surface area (TPSA) is 79.8 Å². The van der Waals surface area contributed by atoms with E-state index in [9.17, 15) is 13.2 Å². The molecule has 7 nitrogen and oxygen atoms in total. The number of fused-ring (bicyclic) bond motifs is 1. The first-order valence-corrected chi connectivity index (χ1v) is 14.4. The number of thiazole rings is 1. The first-order valence-electron chi connectivity index (χ1n) is 11.7. The maximum atomic E-state index is 13.6. The molecule has 0 N–H and O–H groups in total. The van der Waals surface area contributed by atoms with Crippen molar-refractivity contribution in [1.29, 1.82) is 0 Å². The van der Waals surface area contributed by atoms with Crippen LogP contribution in [0.4, 0.5) is 5.13 Å². The van der Waals surface area contributed by atoms with Crippen LogP contribution in [0, 0.1) is 6.92 Å². The summed E-state index contributed by atoms with van der Waals surface area (Å²) in [5.41, 5.74) is 2.21. The van der Waals surface area contributed by atoms with Crippen molar-refractivity contribution >= 4 is 54.0 Å². The molecule has 1 fully saturated rings. The summed E-state index contributed by atoms with van der Waals surface area (Å²) in [5.74, 6) is -0.205. The Morgan fingerprint density at radius 3 is 2.54 bits per heavy atom. The highest BCUT2D eigenvalue weighted by Gasteiger charge is 2.24. The van der Waals surface area contributed by atoms with Crippen LogP contribution >= 0.6 is 22.9 Å². The van der Waals surface area contributed by atoms with Gasteiger partial charge in [-0.25, -0.2) is 13.4 Å². The Hall–Kier alpha value is -2.04. The third kappa shape index (κ3) is 5.86. The van der Waals surface area contributed by atoms with Crippen LogP contribution in [0.1, 0.15) is 36.2 Å². The van der Waals surface area contributed by atoms with Crippen LogP contribution in [-0.4, -0.2) is 68.9 Å². The Morgan fingerprint density at radius 1 is 1.20 bits per heavy atom. The zero-order valence-electron chi connectivity index (χ0n) is 20.2. The van der Waals surface area contributed by atoms with E-state index in [2.05, 4.69) is 4.90 Å². The Balaban J connectivity index is 1.61. The highest BCUT2D eigenvalue weighted by molar-refractivity contribution is 7.92. The van der Waals surface area contributed by atoms with Gasteiger partial charge < -0.3 is 4.74 Å². The van der Waals surface area contributed by atoms with Crippen molar-refractivity contribution in [3.63, 3.8) is 0 Å². The maximum Gasteiger partial charge on any atom is 0.260 e. The first kappa shape index (κ1) is 26.0. The average Bonchev–Trinajstić information content (AvgIpc) is 3.26. The summed E-state index contributed by atoms with van der Waals surface area (Å²) in [4.78, 5) is 22.7. The fourth-order valence-corrected chi connectivity index (χ4v) is 6.54. The second-order valence-electron chi connectivity index (χ2n) is 8.95. The van der Waals surface area contributed by atoms with E-state index in [0.717, 1.165) is 55.0 Å². The van der Waals surface area contributed by atoms with Gasteiger partial charge in [0, 0.05) is 36.8 Å². The van der Waals surface area contributed by atoms with Gasteiger partial charge in [0.2, 0.25) is 0 Å². The van der Waals surface area contributed by atoms with Crippen LogP contribution in [0.25, 0.3) is 10.2 Å². The third-order valence-corrected chi connectivity index (χ3v) is 9.54. The Labute approximate surface area is 215 Å². The molecule has 0 spiro atoms. The van der Waals surface area contributed by atoms with E-state index in [4.69, 9.17) is 21.3 Å². The van der Waals surface area contributed by atoms with Crippen molar-refractivity contribution in [2.45, 2.75) is 37.3 Å². The van der Waals surface area contributed by atoms with Gasteiger partial charge in [0.1, 0.15) is 0 Å². The summed E-state index contributed by atoms with van der Waals surface area (Å²) in [5, 5.41) is 0.715. The zero-order chi connectivity index (χ0) is 25.2. The van der Waals surface area contributed by atoms with E-state index in [1.54, 1.807) is 30.9 Å². The number of amides is 1. The molecule has 0 unspecified atom stereocenters. The van der Waals surface area contributed by atoms with Crippen LogP contribution < -0.4 is 4.90 Å². The number of aromatic nitrogens is 1. The molecule has 0 saturated carbocycles. The third-order valence-electron chi connectivity index (χ3n) is 6.13.